The van der Waals surface area contributed by atoms with Crippen LogP contribution in [0.3, 0.4) is 0 Å². The van der Waals surface area contributed by atoms with Crippen LogP contribution in [0.1, 0.15) is 22.0 Å². The molecule has 1 aromatic rings. The van der Waals surface area contributed by atoms with E-state index in [1.165, 1.54) is 6.07 Å². The zero-order chi connectivity index (χ0) is 10.3. The van der Waals surface area contributed by atoms with Crippen molar-refractivity contribution in [2.75, 3.05) is 6.61 Å². The SMILES string of the molecule is NC1COc2ccc(Cl)c(C(=O)O)c21. The van der Waals surface area contributed by atoms with E-state index in [4.69, 9.17) is 27.2 Å². The number of benzene rings is 1. The lowest BCUT2D eigenvalue weighted by Gasteiger charge is -2.07. The summed E-state index contributed by atoms with van der Waals surface area (Å²) < 4.78 is 5.21. The van der Waals surface area contributed by atoms with Gasteiger partial charge in [-0.15, -0.1) is 0 Å². The van der Waals surface area contributed by atoms with Crippen molar-refractivity contribution in [1.29, 1.82) is 0 Å². The Morgan fingerprint density at radius 1 is 1.64 bits per heavy atom. The standard InChI is InChI=1S/C9H8ClNO3/c10-4-1-2-6-8(5(11)3-14-6)7(4)9(12)13/h1-2,5H,3,11H2,(H,12,13). The van der Waals surface area contributed by atoms with Crippen LogP contribution in [-0.4, -0.2) is 17.7 Å². The van der Waals surface area contributed by atoms with Gasteiger partial charge in [0, 0.05) is 5.56 Å². The first-order chi connectivity index (χ1) is 6.61. The summed E-state index contributed by atoms with van der Waals surface area (Å²) in [5, 5.41) is 9.14. The molecule has 1 aromatic carbocycles. The Labute approximate surface area is 85.2 Å². The number of ether oxygens (including phenoxy) is 1. The third kappa shape index (κ3) is 1.23. The Morgan fingerprint density at radius 3 is 3.00 bits per heavy atom. The molecule has 0 bridgehead atoms. The van der Waals surface area contributed by atoms with Gasteiger partial charge in [-0.2, -0.15) is 0 Å². The number of halogens is 1. The van der Waals surface area contributed by atoms with Crippen molar-refractivity contribution < 1.29 is 14.6 Å². The van der Waals surface area contributed by atoms with Gasteiger partial charge in [-0.25, -0.2) is 4.79 Å². The van der Waals surface area contributed by atoms with Crippen molar-refractivity contribution in [2.24, 2.45) is 5.73 Å². The minimum absolute atomic E-state index is 0.0502. The van der Waals surface area contributed by atoms with Gasteiger partial charge in [0.25, 0.3) is 0 Å². The smallest absolute Gasteiger partial charge is 0.337 e. The van der Waals surface area contributed by atoms with Crippen LogP contribution in [0.5, 0.6) is 5.75 Å². The van der Waals surface area contributed by atoms with Crippen LogP contribution in [-0.2, 0) is 0 Å². The van der Waals surface area contributed by atoms with Gasteiger partial charge in [0.05, 0.1) is 16.6 Å². The van der Waals surface area contributed by atoms with E-state index in [1.54, 1.807) is 6.07 Å². The number of hydrogen-bond acceptors (Lipinski definition) is 3. The number of nitrogens with two attached hydrogens (primary N) is 1. The van der Waals surface area contributed by atoms with E-state index < -0.39 is 12.0 Å². The molecule has 1 atom stereocenters. The maximum Gasteiger partial charge on any atom is 0.337 e. The summed E-state index contributed by atoms with van der Waals surface area (Å²) in [6, 6.07) is 2.73. The fourth-order valence-electron chi connectivity index (χ4n) is 1.55. The minimum atomic E-state index is -1.08. The minimum Gasteiger partial charge on any atom is -0.491 e. The van der Waals surface area contributed by atoms with E-state index in [0.717, 1.165) is 0 Å². The van der Waals surface area contributed by atoms with Crippen LogP contribution in [0, 0.1) is 0 Å². The van der Waals surface area contributed by atoms with Crippen LogP contribution in [0.15, 0.2) is 12.1 Å². The van der Waals surface area contributed by atoms with Crippen molar-refractivity contribution in [1.82, 2.24) is 0 Å². The summed E-state index contributed by atoms with van der Waals surface area (Å²) in [5.41, 5.74) is 6.25. The molecule has 0 spiro atoms. The second kappa shape index (κ2) is 3.15. The van der Waals surface area contributed by atoms with Crippen LogP contribution in [0.25, 0.3) is 0 Å². The maximum absolute atomic E-state index is 10.9. The number of fused-ring (bicyclic) bond motifs is 1. The number of carboxylic acid groups (broad SMARTS) is 1. The molecule has 0 saturated heterocycles. The van der Waals surface area contributed by atoms with E-state index in [0.29, 0.717) is 17.9 Å². The molecule has 1 aliphatic rings. The Bertz CT molecular complexity index is 405. The summed E-state index contributed by atoms with van der Waals surface area (Å²) in [7, 11) is 0. The second-order valence-corrected chi connectivity index (χ2v) is 3.46. The van der Waals surface area contributed by atoms with Crippen molar-refractivity contribution in [3.63, 3.8) is 0 Å². The van der Waals surface area contributed by atoms with Crippen LogP contribution < -0.4 is 10.5 Å². The molecule has 0 aromatic heterocycles. The van der Waals surface area contributed by atoms with Gasteiger partial charge in [0.15, 0.2) is 0 Å². The molecule has 0 saturated carbocycles. The highest BCUT2D eigenvalue weighted by Gasteiger charge is 2.28. The van der Waals surface area contributed by atoms with Crippen molar-refractivity contribution in [3.05, 3.63) is 28.3 Å². The largest absolute Gasteiger partial charge is 0.491 e. The highest BCUT2D eigenvalue weighted by atomic mass is 35.5. The molecule has 5 heteroatoms. The lowest BCUT2D eigenvalue weighted by Crippen LogP contribution is -2.14. The monoisotopic (exact) mass is 213 g/mol. The van der Waals surface area contributed by atoms with Gasteiger partial charge in [-0.1, -0.05) is 11.6 Å². The summed E-state index contributed by atoms with van der Waals surface area (Å²) in [6.45, 7) is 0.302. The van der Waals surface area contributed by atoms with Crippen LogP contribution in [0.4, 0.5) is 0 Å². The molecule has 1 heterocycles. The highest BCUT2D eigenvalue weighted by molar-refractivity contribution is 6.33. The fraction of sp³-hybridized carbons (Fsp3) is 0.222. The predicted octanol–water partition coefficient (Wildman–Crippen LogP) is 1.43. The van der Waals surface area contributed by atoms with Crippen molar-refractivity contribution >= 4 is 17.6 Å². The summed E-state index contributed by atoms with van der Waals surface area (Å²) >= 11 is 5.78. The Kier molecular flexibility index (Phi) is 2.09. The third-order valence-corrected chi connectivity index (χ3v) is 2.47. The number of rotatable bonds is 1. The lowest BCUT2D eigenvalue weighted by molar-refractivity contribution is 0.0695. The van der Waals surface area contributed by atoms with Crippen LogP contribution in [0.2, 0.25) is 5.02 Å². The molecule has 0 radical (unpaired) electrons. The quantitative estimate of drug-likeness (QED) is 0.740. The molecule has 14 heavy (non-hydrogen) atoms. The van der Waals surface area contributed by atoms with Gasteiger partial charge in [-0.05, 0) is 12.1 Å². The van der Waals surface area contributed by atoms with E-state index in [9.17, 15) is 4.79 Å². The number of aromatic carboxylic acids is 1. The molecule has 0 amide bonds. The molecular formula is C9H8ClNO3. The molecule has 3 N–H and O–H groups in total. The Balaban J connectivity index is 2.68. The van der Waals surface area contributed by atoms with E-state index in [1.807, 2.05) is 0 Å². The molecular weight excluding hydrogens is 206 g/mol. The summed E-state index contributed by atoms with van der Waals surface area (Å²) in [5.74, 6) is -0.563. The van der Waals surface area contributed by atoms with Gasteiger partial charge in [0.2, 0.25) is 0 Å². The van der Waals surface area contributed by atoms with Crippen LogP contribution >= 0.6 is 11.6 Å². The summed E-state index contributed by atoms with van der Waals surface area (Å²) in [4.78, 5) is 10.9. The average molecular weight is 214 g/mol. The zero-order valence-electron chi connectivity index (χ0n) is 7.16. The number of carbonyl (C=O) groups is 1. The first kappa shape index (κ1) is 9.30. The predicted molar refractivity (Wildman–Crippen MR) is 50.8 cm³/mol. The fourth-order valence-corrected chi connectivity index (χ4v) is 1.79. The van der Waals surface area contributed by atoms with E-state index in [-0.39, 0.29) is 10.6 Å². The average Bonchev–Trinajstić information content (AvgIpc) is 2.47. The zero-order valence-corrected chi connectivity index (χ0v) is 7.91. The van der Waals surface area contributed by atoms with Gasteiger partial charge >= 0.3 is 5.97 Å². The van der Waals surface area contributed by atoms with E-state index >= 15 is 0 Å². The summed E-state index contributed by atoms with van der Waals surface area (Å²) in [6.07, 6.45) is 0. The van der Waals surface area contributed by atoms with Gasteiger partial charge < -0.3 is 15.6 Å². The lowest BCUT2D eigenvalue weighted by atomic mass is 10.0. The number of carboxylic acids is 1. The van der Waals surface area contributed by atoms with Crippen molar-refractivity contribution in [2.45, 2.75) is 6.04 Å². The second-order valence-electron chi connectivity index (χ2n) is 3.06. The maximum atomic E-state index is 10.9. The normalized spacial score (nSPS) is 18.9. The molecule has 2 rings (SSSR count). The first-order valence-electron chi connectivity index (χ1n) is 4.05. The topological polar surface area (TPSA) is 72.5 Å². The molecule has 1 unspecified atom stereocenters. The van der Waals surface area contributed by atoms with Gasteiger partial charge in [0.1, 0.15) is 12.4 Å². The molecule has 74 valence electrons. The molecule has 0 fully saturated rings. The van der Waals surface area contributed by atoms with Gasteiger partial charge in [-0.3, -0.25) is 0 Å². The Hall–Kier alpha value is -1.26. The molecule has 1 aliphatic heterocycles. The highest BCUT2D eigenvalue weighted by Crippen LogP contribution is 2.37. The third-order valence-electron chi connectivity index (χ3n) is 2.16. The van der Waals surface area contributed by atoms with E-state index in [2.05, 4.69) is 0 Å². The molecule has 4 nitrogen and oxygen atoms in total. The number of hydrogen-bond donors (Lipinski definition) is 2. The first-order valence-corrected chi connectivity index (χ1v) is 4.43. The molecule has 0 aliphatic carbocycles. The van der Waals surface area contributed by atoms with Crippen molar-refractivity contribution in [3.8, 4) is 5.75 Å². The Morgan fingerprint density at radius 2 is 2.36 bits per heavy atom.